The number of anilines is 1. The number of ether oxygens (including phenoxy) is 6. The predicted molar refractivity (Wildman–Crippen MR) is 207 cm³/mol. The van der Waals surface area contributed by atoms with E-state index in [9.17, 15) is 33.6 Å². The molecule has 0 saturated heterocycles. The van der Waals surface area contributed by atoms with Crippen molar-refractivity contribution in [3.8, 4) is 0 Å². The minimum Gasteiger partial charge on any atom is -0.459 e. The van der Waals surface area contributed by atoms with Crippen molar-refractivity contribution in [1.82, 2.24) is 14.5 Å². The number of aromatic nitrogens is 2. The molecule has 0 N–H and O–H groups in total. The summed E-state index contributed by atoms with van der Waals surface area (Å²) in [6.45, 7) is 21.4. The first-order chi connectivity index (χ1) is 25.7. The molecule has 0 atom stereocenters. The van der Waals surface area contributed by atoms with Crippen LogP contribution in [0.4, 0.5) is 29.8 Å². The van der Waals surface area contributed by atoms with Crippen molar-refractivity contribution >= 4 is 48.1 Å². The zero-order valence-corrected chi connectivity index (χ0v) is 35.4. The van der Waals surface area contributed by atoms with Crippen LogP contribution in [0.2, 0.25) is 0 Å². The number of rotatable bonds is 6. The van der Waals surface area contributed by atoms with E-state index >= 15 is 0 Å². The van der Waals surface area contributed by atoms with Crippen LogP contribution in [0.5, 0.6) is 0 Å². The summed E-state index contributed by atoms with van der Waals surface area (Å²) in [7, 11) is 0. The number of carbonyl (C=O) groups is 6. The standard InChI is InChI=1S/C39H55N5O13/c1-35(2,3)53-30(47)41-28(44(33(50)56-38(10,11)12)34(51)57-39(13,14)15)25-21-42(22-26(45)52-23-24-19-17-16-18-20-24)29(46)40-27(25)43(31(48)54-36(4,5)6)32(49)55-37(7,8)9/h16-21H,22-23H2,1-15H3. The molecule has 18 nitrogen and oxygen atoms in total. The van der Waals surface area contributed by atoms with Crippen molar-refractivity contribution in [2.24, 2.45) is 4.99 Å². The predicted octanol–water partition coefficient (Wildman–Crippen LogP) is 7.52. The molecular formula is C39H55N5O13. The van der Waals surface area contributed by atoms with Crippen LogP contribution in [0.25, 0.3) is 0 Å². The lowest BCUT2D eigenvalue weighted by molar-refractivity contribution is -0.145. The van der Waals surface area contributed by atoms with Crippen LogP contribution in [0.1, 0.15) is 115 Å². The summed E-state index contributed by atoms with van der Waals surface area (Å²) in [5, 5.41) is 0. The first-order valence-corrected chi connectivity index (χ1v) is 17.9. The zero-order valence-electron chi connectivity index (χ0n) is 35.4. The van der Waals surface area contributed by atoms with Gasteiger partial charge in [-0.1, -0.05) is 30.3 Å². The lowest BCUT2D eigenvalue weighted by atomic mass is 10.2. The molecule has 0 unspecified atom stereocenters. The molecule has 18 heteroatoms. The number of benzene rings is 1. The third-order valence-electron chi connectivity index (χ3n) is 6.07. The van der Waals surface area contributed by atoms with Gasteiger partial charge in [0.1, 0.15) is 41.2 Å². The highest BCUT2D eigenvalue weighted by molar-refractivity contribution is 6.22. The Morgan fingerprint density at radius 3 is 1.47 bits per heavy atom. The minimum atomic E-state index is -1.45. The Hall–Kier alpha value is -5.81. The van der Waals surface area contributed by atoms with E-state index in [-0.39, 0.29) is 16.4 Å². The van der Waals surface area contributed by atoms with Gasteiger partial charge in [0.15, 0.2) is 11.7 Å². The van der Waals surface area contributed by atoms with Crippen molar-refractivity contribution in [3.05, 3.63) is 58.1 Å². The molecule has 0 fully saturated rings. The van der Waals surface area contributed by atoms with E-state index in [4.69, 9.17) is 28.4 Å². The van der Waals surface area contributed by atoms with Gasteiger partial charge in [0.05, 0.1) is 5.56 Å². The third kappa shape index (κ3) is 16.4. The Bertz CT molecular complexity index is 1850. The van der Waals surface area contributed by atoms with Gasteiger partial charge in [0.2, 0.25) is 0 Å². The van der Waals surface area contributed by atoms with Gasteiger partial charge in [-0.2, -0.15) is 19.8 Å². The lowest BCUT2D eigenvalue weighted by Gasteiger charge is -2.31. The van der Waals surface area contributed by atoms with E-state index in [1.165, 1.54) is 104 Å². The Morgan fingerprint density at radius 2 is 1.05 bits per heavy atom. The number of amides is 5. The molecule has 1 aromatic heterocycles. The largest absolute Gasteiger partial charge is 0.459 e. The second-order valence-corrected chi connectivity index (χ2v) is 17.5. The molecule has 0 saturated carbocycles. The molecule has 2 aromatic rings. The van der Waals surface area contributed by atoms with Gasteiger partial charge in [-0.3, -0.25) is 9.36 Å². The van der Waals surface area contributed by atoms with E-state index in [0.29, 0.717) is 10.1 Å². The van der Waals surface area contributed by atoms with Gasteiger partial charge in [-0.15, -0.1) is 0 Å². The number of imide groups is 2. The van der Waals surface area contributed by atoms with Gasteiger partial charge in [-0.25, -0.2) is 28.8 Å². The van der Waals surface area contributed by atoms with Crippen molar-refractivity contribution in [1.29, 1.82) is 0 Å². The highest BCUT2D eigenvalue weighted by Gasteiger charge is 2.42. The molecule has 2 rings (SSSR count). The molecule has 0 aliphatic heterocycles. The number of carbonyl (C=O) groups excluding carboxylic acids is 6. The summed E-state index contributed by atoms with van der Waals surface area (Å²) in [6, 6.07) is 8.65. The fourth-order valence-corrected chi connectivity index (χ4v) is 4.18. The summed E-state index contributed by atoms with van der Waals surface area (Å²) in [5.41, 5.74) is -7.54. The van der Waals surface area contributed by atoms with Crippen LogP contribution in [0.3, 0.4) is 0 Å². The maximum atomic E-state index is 14.1. The van der Waals surface area contributed by atoms with E-state index in [2.05, 4.69) is 9.98 Å². The Morgan fingerprint density at radius 1 is 0.632 bits per heavy atom. The number of hydrogen-bond donors (Lipinski definition) is 0. The average Bonchev–Trinajstić information content (AvgIpc) is 2.97. The second-order valence-electron chi connectivity index (χ2n) is 17.5. The van der Waals surface area contributed by atoms with Crippen molar-refractivity contribution < 1.29 is 57.2 Å². The Kier molecular flexibility index (Phi) is 14.9. The highest BCUT2D eigenvalue weighted by atomic mass is 16.6. The number of amidine groups is 1. The topological polar surface area (TPSA) is 212 Å². The summed E-state index contributed by atoms with van der Waals surface area (Å²) >= 11 is 0. The first-order valence-electron chi connectivity index (χ1n) is 17.9. The highest BCUT2D eigenvalue weighted by Crippen LogP contribution is 2.27. The summed E-state index contributed by atoms with van der Waals surface area (Å²) in [4.78, 5) is 105. The fraction of sp³-hybridized carbons (Fsp3) is 0.564. The van der Waals surface area contributed by atoms with Gasteiger partial charge < -0.3 is 28.4 Å². The molecule has 1 aromatic carbocycles. The van der Waals surface area contributed by atoms with Crippen LogP contribution in [0.15, 0.2) is 46.3 Å². The zero-order chi connectivity index (χ0) is 43.9. The second kappa shape index (κ2) is 18.0. The molecule has 0 radical (unpaired) electrons. The normalized spacial score (nSPS) is 12.5. The van der Waals surface area contributed by atoms with Crippen molar-refractivity contribution in [2.75, 3.05) is 4.90 Å². The summed E-state index contributed by atoms with van der Waals surface area (Å²) in [5.74, 6) is -2.88. The third-order valence-corrected chi connectivity index (χ3v) is 6.07. The maximum absolute atomic E-state index is 14.1. The summed E-state index contributed by atoms with van der Waals surface area (Å²) in [6.07, 6.45) is -6.31. The number of esters is 1. The molecular weight excluding hydrogens is 746 g/mol. The summed E-state index contributed by atoms with van der Waals surface area (Å²) < 4.78 is 33.5. The molecule has 0 bridgehead atoms. The first kappa shape index (κ1) is 47.3. The van der Waals surface area contributed by atoms with E-state index in [1.807, 2.05) is 0 Å². The van der Waals surface area contributed by atoms with Crippen molar-refractivity contribution in [3.63, 3.8) is 0 Å². The quantitative estimate of drug-likeness (QED) is 0.120. The van der Waals surface area contributed by atoms with Crippen LogP contribution in [-0.2, 0) is 46.4 Å². The van der Waals surface area contributed by atoms with E-state index in [0.717, 1.165) is 6.20 Å². The molecule has 314 valence electrons. The van der Waals surface area contributed by atoms with Crippen LogP contribution >= 0.6 is 0 Å². The molecule has 57 heavy (non-hydrogen) atoms. The lowest BCUT2D eigenvalue weighted by Crippen LogP contribution is -2.50. The molecule has 0 aliphatic carbocycles. The monoisotopic (exact) mass is 801 g/mol. The SMILES string of the molecule is CC(C)(C)OC(=O)N=C(c1cn(CC(=O)OCc2ccccc2)c(=O)nc1N(C(=O)OC(C)(C)C)C(=O)OC(C)(C)C)N(C(=O)OC(C)(C)C)C(=O)OC(C)(C)C. The van der Waals surface area contributed by atoms with Gasteiger partial charge in [0, 0.05) is 6.20 Å². The van der Waals surface area contributed by atoms with Crippen LogP contribution in [-0.4, -0.2) is 84.7 Å². The number of aliphatic imine (C=N–C) groups is 1. The fourth-order valence-electron chi connectivity index (χ4n) is 4.18. The van der Waals surface area contributed by atoms with Crippen LogP contribution in [0, 0.1) is 0 Å². The van der Waals surface area contributed by atoms with Gasteiger partial charge >= 0.3 is 42.1 Å². The smallest absolute Gasteiger partial charge is 0.436 e. The molecule has 5 amide bonds. The van der Waals surface area contributed by atoms with E-state index in [1.54, 1.807) is 30.3 Å². The van der Waals surface area contributed by atoms with Crippen molar-refractivity contribution in [2.45, 2.75) is 145 Å². The molecule has 1 heterocycles. The van der Waals surface area contributed by atoms with Gasteiger partial charge in [0.25, 0.3) is 0 Å². The molecule has 0 spiro atoms. The maximum Gasteiger partial charge on any atom is 0.436 e. The number of nitrogens with zero attached hydrogens (tertiary/aromatic N) is 5. The van der Waals surface area contributed by atoms with E-state index < -0.39 is 93.9 Å². The van der Waals surface area contributed by atoms with Gasteiger partial charge in [-0.05, 0) is 109 Å². The van der Waals surface area contributed by atoms with Crippen LogP contribution < -0.4 is 10.6 Å². The Balaban J connectivity index is 3.18. The minimum absolute atomic E-state index is 0.172. The molecule has 0 aliphatic rings. The average molecular weight is 802 g/mol. The Labute approximate surface area is 332 Å². The number of hydrogen-bond acceptors (Lipinski definition) is 14.